The van der Waals surface area contributed by atoms with Crippen LogP contribution in [0.5, 0.6) is 11.5 Å². The van der Waals surface area contributed by atoms with Crippen molar-refractivity contribution in [3.8, 4) is 17.6 Å². The number of methoxy groups -OCH3 is 2. The van der Waals surface area contributed by atoms with Gasteiger partial charge in [0.05, 0.1) is 25.9 Å². The van der Waals surface area contributed by atoms with E-state index in [2.05, 4.69) is 11.0 Å². The number of rotatable bonds is 7. The summed E-state index contributed by atoms with van der Waals surface area (Å²) in [7, 11) is 3.34. The maximum Gasteiger partial charge on any atom is 0.222 e. The van der Waals surface area contributed by atoms with Crippen LogP contribution in [0.25, 0.3) is 0 Å². The third kappa shape index (κ3) is 5.49. The lowest BCUT2D eigenvalue weighted by molar-refractivity contribution is -0.133. The first-order chi connectivity index (χ1) is 14.1. The van der Waals surface area contributed by atoms with Crippen LogP contribution < -0.4 is 9.47 Å². The molecule has 0 unspecified atom stereocenters. The van der Waals surface area contributed by atoms with Gasteiger partial charge in [-0.2, -0.15) is 5.26 Å². The number of aryl methyl sites for hydroxylation is 1. The monoisotopic (exact) mass is 393 g/mol. The minimum absolute atomic E-state index is 0.188. The van der Waals surface area contributed by atoms with Gasteiger partial charge in [-0.05, 0) is 42.3 Å². The number of benzene rings is 2. The number of hydrogen-bond donors (Lipinski definition) is 0. The Bertz CT molecular complexity index is 866. The summed E-state index contributed by atoms with van der Waals surface area (Å²) in [6.45, 7) is 3.91. The Balaban J connectivity index is 1.48. The van der Waals surface area contributed by atoms with Gasteiger partial charge < -0.3 is 14.4 Å². The van der Waals surface area contributed by atoms with E-state index in [1.54, 1.807) is 26.4 Å². The zero-order valence-electron chi connectivity index (χ0n) is 17.1. The minimum Gasteiger partial charge on any atom is -0.497 e. The molecule has 6 nitrogen and oxygen atoms in total. The topological polar surface area (TPSA) is 65.8 Å². The smallest absolute Gasteiger partial charge is 0.222 e. The van der Waals surface area contributed by atoms with Crippen molar-refractivity contribution >= 4 is 5.91 Å². The zero-order chi connectivity index (χ0) is 20.6. The summed E-state index contributed by atoms with van der Waals surface area (Å²) in [5.74, 6) is 1.86. The average Bonchev–Trinajstić information content (AvgIpc) is 2.78. The number of ether oxygens (including phenoxy) is 2. The molecule has 152 valence electrons. The Morgan fingerprint density at radius 2 is 1.76 bits per heavy atom. The molecule has 3 rings (SSSR count). The fourth-order valence-corrected chi connectivity index (χ4v) is 3.56. The number of hydrogen-bond acceptors (Lipinski definition) is 5. The Labute approximate surface area is 172 Å². The van der Waals surface area contributed by atoms with Crippen LogP contribution in [0.2, 0.25) is 0 Å². The van der Waals surface area contributed by atoms with Crippen LogP contribution in [0.1, 0.15) is 23.1 Å². The summed E-state index contributed by atoms with van der Waals surface area (Å²) in [6.07, 6.45) is 1.20. The quantitative estimate of drug-likeness (QED) is 0.724. The Hall–Kier alpha value is -3.04. The van der Waals surface area contributed by atoms with Crippen LogP contribution in [0.4, 0.5) is 0 Å². The number of nitriles is 1. The molecule has 1 aliphatic heterocycles. The minimum atomic E-state index is 0.188. The Morgan fingerprint density at radius 1 is 1.03 bits per heavy atom. The molecular weight excluding hydrogens is 366 g/mol. The fraction of sp³-hybridized carbons (Fsp3) is 0.391. The molecule has 1 saturated heterocycles. The summed E-state index contributed by atoms with van der Waals surface area (Å²) in [4.78, 5) is 16.8. The van der Waals surface area contributed by atoms with Gasteiger partial charge >= 0.3 is 0 Å². The van der Waals surface area contributed by atoms with Crippen molar-refractivity contribution in [3.63, 3.8) is 0 Å². The SMILES string of the molecule is COc1ccc(OC)c(CN2CCN(C(=O)CCc3ccc(C#N)cc3)CC2)c1. The first kappa shape index (κ1) is 20.7. The molecule has 1 aliphatic rings. The molecule has 1 amide bonds. The molecule has 0 aliphatic carbocycles. The van der Waals surface area contributed by atoms with E-state index in [9.17, 15) is 4.79 Å². The van der Waals surface area contributed by atoms with Crippen molar-refractivity contribution in [1.29, 1.82) is 5.26 Å². The third-order valence-corrected chi connectivity index (χ3v) is 5.32. The zero-order valence-corrected chi connectivity index (χ0v) is 17.1. The number of nitrogens with zero attached hydrogens (tertiary/aromatic N) is 3. The molecule has 0 bridgehead atoms. The summed E-state index contributed by atoms with van der Waals surface area (Å²) in [6, 6.07) is 15.4. The van der Waals surface area contributed by atoms with E-state index in [0.717, 1.165) is 55.3 Å². The maximum atomic E-state index is 12.6. The van der Waals surface area contributed by atoms with Crippen molar-refractivity contribution in [3.05, 3.63) is 59.2 Å². The number of carbonyl (C=O) groups is 1. The molecule has 0 atom stereocenters. The lowest BCUT2D eigenvalue weighted by Gasteiger charge is -2.35. The van der Waals surface area contributed by atoms with E-state index in [-0.39, 0.29) is 5.91 Å². The molecule has 29 heavy (non-hydrogen) atoms. The second kappa shape index (κ2) is 9.94. The highest BCUT2D eigenvalue weighted by Gasteiger charge is 2.21. The molecule has 0 saturated carbocycles. The molecule has 0 radical (unpaired) electrons. The van der Waals surface area contributed by atoms with E-state index < -0.39 is 0 Å². The van der Waals surface area contributed by atoms with Crippen LogP contribution in [-0.2, 0) is 17.8 Å². The number of amides is 1. The molecule has 0 aromatic heterocycles. The highest BCUT2D eigenvalue weighted by Crippen LogP contribution is 2.25. The van der Waals surface area contributed by atoms with Crippen molar-refractivity contribution in [2.45, 2.75) is 19.4 Å². The molecule has 0 spiro atoms. The summed E-state index contributed by atoms with van der Waals surface area (Å²) in [5, 5.41) is 8.86. The average molecular weight is 393 g/mol. The summed E-state index contributed by atoms with van der Waals surface area (Å²) in [5.41, 5.74) is 2.82. The Morgan fingerprint density at radius 3 is 2.38 bits per heavy atom. The first-order valence-corrected chi connectivity index (χ1v) is 9.83. The van der Waals surface area contributed by atoms with Gasteiger partial charge in [0.2, 0.25) is 5.91 Å². The standard InChI is InChI=1S/C23H27N3O3/c1-28-21-8-9-22(29-2)20(15-21)17-25-11-13-26(14-12-25)23(27)10-7-18-3-5-19(16-24)6-4-18/h3-6,8-9,15H,7,10-14,17H2,1-2H3. The molecule has 6 heteroatoms. The first-order valence-electron chi connectivity index (χ1n) is 9.83. The lowest BCUT2D eigenvalue weighted by atomic mass is 10.1. The van der Waals surface area contributed by atoms with Gasteiger partial charge in [0.25, 0.3) is 0 Å². The van der Waals surface area contributed by atoms with Crippen LogP contribution in [0.15, 0.2) is 42.5 Å². The van der Waals surface area contributed by atoms with Gasteiger partial charge in [0.1, 0.15) is 11.5 Å². The third-order valence-electron chi connectivity index (χ3n) is 5.32. The van der Waals surface area contributed by atoms with Crippen LogP contribution in [0.3, 0.4) is 0 Å². The number of carbonyl (C=O) groups excluding carboxylic acids is 1. The second-order valence-corrected chi connectivity index (χ2v) is 7.14. The van der Waals surface area contributed by atoms with Gasteiger partial charge in [-0.25, -0.2) is 0 Å². The normalized spacial score (nSPS) is 14.3. The van der Waals surface area contributed by atoms with E-state index >= 15 is 0 Å². The highest BCUT2D eigenvalue weighted by molar-refractivity contribution is 5.76. The van der Waals surface area contributed by atoms with E-state index in [1.807, 2.05) is 35.2 Å². The van der Waals surface area contributed by atoms with E-state index in [0.29, 0.717) is 18.4 Å². The molecule has 1 fully saturated rings. The van der Waals surface area contributed by atoms with Crippen molar-refractivity contribution in [2.75, 3.05) is 40.4 Å². The van der Waals surface area contributed by atoms with Gasteiger partial charge in [0, 0.05) is 44.7 Å². The summed E-state index contributed by atoms with van der Waals surface area (Å²) >= 11 is 0. The number of piperazine rings is 1. The van der Waals surface area contributed by atoms with Crippen molar-refractivity contribution in [2.24, 2.45) is 0 Å². The van der Waals surface area contributed by atoms with Gasteiger partial charge in [0.15, 0.2) is 0 Å². The van der Waals surface area contributed by atoms with Crippen molar-refractivity contribution < 1.29 is 14.3 Å². The van der Waals surface area contributed by atoms with Crippen LogP contribution in [0, 0.1) is 11.3 Å². The predicted molar refractivity (Wildman–Crippen MR) is 111 cm³/mol. The van der Waals surface area contributed by atoms with Gasteiger partial charge in [-0.1, -0.05) is 12.1 Å². The van der Waals surface area contributed by atoms with Gasteiger partial charge in [-0.3, -0.25) is 9.69 Å². The van der Waals surface area contributed by atoms with Crippen LogP contribution in [-0.4, -0.2) is 56.1 Å². The molecule has 0 N–H and O–H groups in total. The van der Waals surface area contributed by atoms with Crippen LogP contribution >= 0.6 is 0 Å². The Kier molecular flexibility index (Phi) is 7.09. The summed E-state index contributed by atoms with van der Waals surface area (Å²) < 4.78 is 10.8. The lowest BCUT2D eigenvalue weighted by Crippen LogP contribution is -2.48. The van der Waals surface area contributed by atoms with Crippen molar-refractivity contribution in [1.82, 2.24) is 9.80 Å². The van der Waals surface area contributed by atoms with E-state index in [1.165, 1.54) is 0 Å². The largest absolute Gasteiger partial charge is 0.497 e. The molecular formula is C23H27N3O3. The van der Waals surface area contributed by atoms with E-state index in [4.69, 9.17) is 14.7 Å². The molecule has 2 aromatic rings. The second-order valence-electron chi connectivity index (χ2n) is 7.14. The van der Waals surface area contributed by atoms with Gasteiger partial charge in [-0.15, -0.1) is 0 Å². The fourth-order valence-electron chi connectivity index (χ4n) is 3.56. The molecule has 2 aromatic carbocycles. The molecule has 1 heterocycles. The highest BCUT2D eigenvalue weighted by atomic mass is 16.5. The maximum absolute atomic E-state index is 12.6. The predicted octanol–water partition coefficient (Wildman–Crippen LogP) is 2.85.